The van der Waals surface area contributed by atoms with Crippen LogP contribution in [0.4, 0.5) is 0 Å². The molecule has 0 amide bonds. The molecule has 3 saturated carbocycles. The second kappa shape index (κ2) is 9.29. The minimum atomic E-state index is -3.14. The van der Waals surface area contributed by atoms with Gasteiger partial charge in [0.15, 0.2) is 9.84 Å². The smallest absolute Gasteiger partial charge is 0.160 e. The van der Waals surface area contributed by atoms with Gasteiger partial charge in [-0.25, -0.2) is 8.42 Å². The summed E-state index contributed by atoms with van der Waals surface area (Å²) in [5.41, 5.74) is 4.82. The van der Waals surface area contributed by atoms with Crippen LogP contribution in [0.15, 0.2) is 47.1 Å². The Bertz CT molecular complexity index is 1050. The summed E-state index contributed by atoms with van der Waals surface area (Å²) in [4.78, 5) is 0. The van der Waals surface area contributed by atoms with Crippen molar-refractivity contribution < 1.29 is 18.6 Å². The van der Waals surface area contributed by atoms with Crippen LogP contribution in [-0.4, -0.2) is 40.3 Å². The van der Waals surface area contributed by atoms with Crippen LogP contribution in [0.3, 0.4) is 0 Å². The molecule has 4 nitrogen and oxygen atoms in total. The number of hydrogen-bond acceptors (Lipinski definition) is 4. The molecule has 35 heavy (non-hydrogen) atoms. The Morgan fingerprint density at radius 3 is 2.51 bits per heavy atom. The van der Waals surface area contributed by atoms with Crippen molar-refractivity contribution in [1.82, 2.24) is 0 Å². The Balaban J connectivity index is 1.47. The molecular formula is C30H46O4S. The number of allylic oxidation sites excluding steroid dienone is 5. The first-order chi connectivity index (χ1) is 16.2. The maximum atomic E-state index is 13.2. The zero-order chi connectivity index (χ0) is 25.8. The molecule has 0 heterocycles. The van der Waals surface area contributed by atoms with Crippen LogP contribution in [0.2, 0.25) is 0 Å². The van der Waals surface area contributed by atoms with E-state index in [1.54, 1.807) is 0 Å². The van der Waals surface area contributed by atoms with Gasteiger partial charge in [0.1, 0.15) is 0 Å². The molecule has 0 aromatic carbocycles. The van der Waals surface area contributed by atoms with Crippen molar-refractivity contribution in [2.45, 2.75) is 121 Å². The van der Waals surface area contributed by atoms with Gasteiger partial charge in [-0.2, -0.15) is 0 Å². The second-order valence-corrected chi connectivity index (χ2v) is 16.1. The molecule has 0 radical (unpaired) electrons. The van der Waals surface area contributed by atoms with Crippen molar-refractivity contribution in [2.75, 3.05) is 0 Å². The molecule has 5 heteroatoms. The van der Waals surface area contributed by atoms with Gasteiger partial charge in [0.2, 0.25) is 0 Å². The van der Waals surface area contributed by atoms with E-state index >= 15 is 0 Å². The monoisotopic (exact) mass is 502 g/mol. The first-order valence-electron chi connectivity index (χ1n) is 13.6. The fraction of sp³-hybridized carbons (Fsp3) is 0.733. The van der Waals surface area contributed by atoms with Gasteiger partial charge in [-0.15, -0.1) is 0 Å². The highest BCUT2D eigenvalue weighted by molar-refractivity contribution is 7.94. The molecular weight excluding hydrogens is 456 g/mol. The third-order valence-corrected chi connectivity index (χ3v) is 13.0. The quantitative estimate of drug-likeness (QED) is 0.424. The highest BCUT2D eigenvalue weighted by Gasteiger charge is 2.58. The summed E-state index contributed by atoms with van der Waals surface area (Å²) in [6, 6.07) is 0. The van der Waals surface area contributed by atoms with E-state index in [1.807, 2.05) is 20.8 Å². The molecule has 4 rings (SSSR count). The molecule has 0 saturated heterocycles. The van der Waals surface area contributed by atoms with Crippen molar-refractivity contribution in [3.8, 4) is 0 Å². The highest BCUT2D eigenvalue weighted by atomic mass is 32.2. The number of sulfone groups is 1. The number of aliphatic hydroxyl groups is 2. The Morgan fingerprint density at radius 2 is 1.89 bits per heavy atom. The predicted molar refractivity (Wildman–Crippen MR) is 144 cm³/mol. The Kier molecular flexibility index (Phi) is 7.14. The normalized spacial score (nSPS) is 36.3. The number of aliphatic hydroxyl groups excluding tert-OH is 2. The molecule has 5 atom stereocenters. The van der Waals surface area contributed by atoms with Gasteiger partial charge in [0.05, 0.1) is 21.7 Å². The predicted octanol–water partition coefficient (Wildman–Crippen LogP) is 6.21. The minimum absolute atomic E-state index is 0.129. The summed E-state index contributed by atoms with van der Waals surface area (Å²) in [7, 11) is -3.14. The molecule has 4 aliphatic rings. The van der Waals surface area contributed by atoms with Gasteiger partial charge in [-0.05, 0) is 107 Å². The van der Waals surface area contributed by atoms with Crippen LogP contribution >= 0.6 is 0 Å². The first kappa shape index (κ1) is 26.9. The molecule has 4 aliphatic carbocycles. The molecule has 196 valence electrons. The third kappa shape index (κ3) is 4.78. The van der Waals surface area contributed by atoms with Crippen LogP contribution in [0, 0.1) is 17.3 Å². The van der Waals surface area contributed by atoms with E-state index in [1.165, 1.54) is 17.6 Å². The maximum Gasteiger partial charge on any atom is 0.160 e. The topological polar surface area (TPSA) is 74.6 Å². The SMILES string of the molecule is C=C1C(=CC=C2CCCC3(C)C(C(C)CCC4(S(=O)(=O)C(C)(C)C)CC4)=CCC23)CC(O)CC1O. The molecule has 0 spiro atoms. The summed E-state index contributed by atoms with van der Waals surface area (Å²) in [6.45, 7) is 14.3. The number of hydrogen-bond donors (Lipinski definition) is 2. The summed E-state index contributed by atoms with van der Waals surface area (Å²) in [6.07, 6.45) is 14.3. The Hall–Kier alpha value is -1.17. The van der Waals surface area contributed by atoms with E-state index in [0.717, 1.165) is 56.1 Å². The van der Waals surface area contributed by atoms with E-state index in [4.69, 9.17) is 0 Å². The van der Waals surface area contributed by atoms with Gasteiger partial charge in [0.25, 0.3) is 0 Å². The second-order valence-electron chi connectivity index (χ2n) is 13.0. The molecule has 5 unspecified atom stereocenters. The average molecular weight is 503 g/mol. The van der Waals surface area contributed by atoms with E-state index in [2.05, 4.69) is 38.7 Å². The van der Waals surface area contributed by atoms with Crippen molar-refractivity contribution in [3.63, 3.8) is 0 Å². The lowest BCUT2D eigenvalue weighted by molar-refractivity contribution is 0.0862. The zero-order valence-electron chi connectivity index (χ0n) is 22.4. The minimum Gasteiger partial charge on any atom is -0.393 e. The summed E-state index contributed by atoms with van der Waals surface area (Å²) < 4.78 is 25.2. The molecule has 3 fully saturated rings. The number of fused-ring (bicyclic) bond motifs is 1. The Labute approximate surface area is 213 Å². The lowest BCUT2D eigenvalue weighted by Crippen LogP contribution is -2.39. The lowest BCUT2D eigenvalue weighted by Gasteiger charge is -2.43. The molecule has 0 aromatic rings. The average Bonchev–Trinajstić information content (AvgIpc) is 3.48. The third-order valence-electron chi connectivity index (χ3n) is 9.62. The fourth-order valence-electron chi connectivity index (χ4n) is 7.16. The molecule has 2 N–H and O–H groups in total. The van der Waals surface area contributed by atoms with Gasteiger partial charge < -0.3 is 10.2 Å². The highest BCUT2D eigenvalue weighted by Crippen LogP contribution is 2.58. The lowest BCUT2D eigenvalue weighted by atomic mass is 9.62. The van der Waals surface area contributed by atoms with Gasteiger partial charge >= 0.3 is 0 Å². The van der Waals surface area contributed by atoms with Crippen molar-refractivity contribution >= 4 is 9.84 Å². The van der Waals surface area contributed by atoms with Crippen molar-refractivity contribution in [2.24, 2.45) is 17.3 Å². The van der Waals surface area contributed by atoms with Crippen molar-refractivity contribution in [3.05, 3.63) is 47.1 Å². The summed E-state index contributed by atoms with van der Waals surface area (Å²) >= 11 is 0. The van der Waals surface area contributed by atoms with Crippen LogP contribution in [0.5, 0.6) is 0 Å². The van der Waals surface area contributed by atoms with Gasteiger partial charge in [-0.1, -0.05) is 49.8 Å². The van der Waals surface area contributed by atoms with Crippen LogP contribution in [0.1, 0.15) is 98.8 Å². The van der Waals surface area contributed by atoms with E-state index in [-0.39, 0.29) is 5.41 Å². The standard InChI is InChI=1S/C30H46O4S/c1-20(13-15-30(16-17-30)35(33,34)28(3,4)5)25-11-12-26-22(8-7-14-29(25,26)6)9-10-23-18-24(31)19-27(32)21(23)2/h9-11,20,24,26-27,31-32H,2,7-8,12-19H2,1,3-6H3. The van der Waals surface area contributed by atoms with Crippen molar-refractivity contribution in [1.29, 1.82) is 0 Å². The van der Waals surface area contributed by atoms with E-state index in [9.17, 15) is 18.6 Å². The van der Waals surface area contributed by atoms with Crippen LogP contribution in [-0.2, 0) is 9.84 Å². The van der Waals surface area contributed by atoms with Crippen LogP contribution in [0.25, 0.3) is 0 Å². The largest absolute Gasteiger partial charge is 0.393 e. The van der Waals surface area contributed by atoms with E-state index in [0.29, 0.717) is 24.7 Å². The Morgan fingerprint density at radius 1 is 1.20 bits per heavy atom. The summed E-state index contributed by atoms with van der Waals surface area (Å²) in [5.74, 6) is 0.865. The molecule has 0 aromatic heterocycles. The van der Waals surface area contributed by atoms with Gasteiger partial charge in [0, 0.05) is 6.42 Å². The zero-order valence-corrected chi connectivity index (χ0v) is 23.3. The molecule has 0 bridgehead atoms. The fourth-order valence-corrected chi connectivity index (χ4v) is 9.48. The maximum absolute atomic E-state index is 13.2. The van der Waals surface area contributed by atoms with Gasteiger partial charge in [-0.3, -0.25) is 0 Å². The number of rotatable bonds is 6. The first-order valence-corrected chi connectivity index (χ1v) is 15.1. The summed E-state index contributed by atoms with van der Waals surface area (Å²) in [5, 5.41) is 20.3. The van der Waals surface area contributed by atoms with E-state index < -0.39 is 31.5 Å². The molecule has 0 aliphatic heterocycles. The van der Waals surface area contributed by atoms with Crippen LogP contribution < -0.4 is 0 Å².